The van der Waals surface area contributed by atoms with Gasteiger partial charge in [-0.05, 0) is 12.1 Å². The van der Waals surface area contributed by atoms with Crippen molar-refractivity contribution in [2.75, 3.05) is 13.2 Å². The third-order valence-electron chi connectivity index (χ3n) is 3.54. The summed E-state index contributed by atoms with van der Waals surface area (Å²) < 4.78 is 5.17. The zero-order chi connectivity index (χ0) is 19.5. The summed E-state index contributed by atoms with van der Waals surface area (Å²) >= 11 is 0. The molecular formula is C22H20O5. The maximum Gasteiger partial charge on any atom is 0.188 e. The number of rotatable bonds is 6. The Labute approximate surface area is 157 Å². The van der Waals surface area contributed by atoms with Crippen LogP contribution in [-0.2, 0) is 4.74 Å². The highest BCUT2D eigenvalue weighted by Crippen LogP contribution is 2.21. The van der Waals surface area contributed by atoms with Gasteiger partial charge < -0.3 is 14.9 Å². The van der Waals surface area contributed by atoms with Crippen molar-refractivity contribution < 1.29 is 24.5 Å². The average Bonchev–Trinajstić information content (AvgIpc) is 2.72. The molecule has 0 heterocycles. The summed E-state index contributed by atoms with van der Waals surface area (Å²) in [6, 6.07) is 23.9. The number of para-hydroxylation sites is 2. The Kier molecular flexibility index (Phi) is 7.75. The van der Waals surface area contributed by atoms with Gasteiger partial charge in [-0.2, -0.15) is 0 Å². The molecule has 3 rings (SSSR count). The fraction of sp³-hybridized carbons (Fsp3) is 0.0909. The standard InChI is InChI=1S/C16H14O3.C6H6O2/c17-15(13-7-3-1-4-8-13)11-19-12-16(18)14-9-5-2-6-10-14;7-5-3-1-2-4-6(5)8/h1-10H,11-12H2;1-4,7-8H. The molecule has 0 aliphatic heterocycles. The Hall–Kier alpha value is -3.44. The molecule has 5 nitrogen and oxygen atoms in total. The van der Waals surface area contributed by atoms with E-state index >= 15 is 0 Å². The first kappa shape index (κ1) is 19.9. The molecule has 0 bridgehead atoms. The Morgan fingerprint density at radius 3 is 1.26 bits per heavy atom. The van der Waals surface area contributed by atoms with E-state index in [2.05, 4.69) is 0 Å². The van der Waals surface area contributed by atoms with Crippen LogP contribution in [0, 0.1) is 0 Å². The zero-order valence-corrected chi connectivity index (χ0v) is 14.6. The van der Waals surface area contributed by atoms with Crippen LogP contribution < -0.4 is 0 Å². The molecule has 0 aromatic heterocycles. The number of ether oxygens (including phenoxy) is 1. The Morgan fingerprint density at radius 1 is 0.593 bits per heavy atom. The molecular weight excluding hydrogens is 344 g/mol. The largest absolute Gasteiger partial charge is 0.504 e. The van der Waals surface area contributed by atoms with E-state index in [0.29, 0.717) is 11.1 Å². The van der Waals surface area contributed by atoms with Gasteiger partial charge in [0.15, 0.2) is 23.1 Å². The van der Waals surface area contributed by atoms with Crippen LogP contribution in [0.5, 0.6) is 11.5 Å². The Morgan fingerprint density at radius 2 is 0.926 bits per heavy atom. The van der Waals surface area contributed by atoms with Crippen molar-refractivity contribution in [3.05, 3.63) is 96.1 Å². The highest BCUT2D eigenvalue weighted by Gasteiger charge is 2.08. The SMILES string of the molecule is O=C(COCC(=O)c1ccccc1)c1ccccc1.Oc1ccccc1O. The first-order chi connectivity index (χ1) is 13.1. The summed E-state index contributed by atoms with van der Waals surface area (Å²) in [7, 11) is 0. The lowest BCUT2D eigenvalue weighted by Gasteiger charge is -2.03. The molecule has 0 amide bonds. The van der Waals surface area contributed by atoms with E-state index in [1.165, 1.54) is 12.1 Å². The van der Waals surface area contributed by atoms with Crippen LogP contribution in [0.25, 0.3) is 0 Å². The Bertz CT molecular complexity index is 788. The van der Waals surface area contributed by atoms with Crippen LogP contribution in [0.3, 0.4) is 0 Å². The van der Waals surface area contributed by atoms with Gasteiger partial charge in [-0.3, -0.25) is 9.59 Å². The minimum Gasteiger partial charge on any atom is -0.504 e. The van der Waals surface area contributed by atoms with E-state index in [-0.39, 0.29) is 36.3 Å². The molecule has 0 aliphatic carbocycles. The number of carbonyl (C=O) groups excluding carboxylic acids is 2. The third kappa shape index (κ3) is 6.76. The van der Waals surface area contributed by atoms with Gasteiger partial charge in [-0.15, -0.1) is 0 Å². The van der Waals surface area contributed by atoms with Crippen LogP contribution in [0.2, 0.25) is 0 Å². The van der Waals surface area contributed by atoms with Gasteiger partial charge in [0.05, 0.1) is 0 Å². The maximum absolute atomic E-state index is 11.7. The van der Waals surface area contributed by atoms with Crippen LogP contribution in [0.4, 0.5) is 0 Å². The molecule has 0 saturated heterocycles. The van der Waals surface area contributed by atoms with E-state index in [0.717, 1.165) is 0 Å². The van der Waals surface area contributed by atoms with Crippen LogP contribution in [-0.4, -0.2) is 35.0 Å². The van der Waals surface area contributed by atoms with E-state index in [9.17, 15) is 9.59 Å². The lowest BCUT2D eigenvalue weighted by Crippen LogP contribution is -2.15. The van der Waals surface area contributed by atoms with Gasteiger partial charge in [0.25, 0.3) is 0 Å². The molecule has 0 saturated carbocycles. The predicted molar refractivity (Wildman–Crippen MR) is 102 cm³/mol. The van der Waals surface area contributed by atoms with Crippen molar-refractivity contribution in [2.45, 2.75) is 0 Å². The fourth-order valence-electron chi connectivity index (χ4n) is 2.12. The van der Waals surface area contributed by atoms with Gasteiger partial charge in [0, 0.05) is 11.1 Å². The molecule has 5 heteroatoms. The van der Waals surface area contributed by atoms with E-state index in [1.54, 1.807) is 60.7 Å². The molecule has 0 unspecified atom stereocenters. The molecule has 3 aromatic carbocycles. The fourth-order valence-corrected chi connectivity index (χ4v) is 2.12. The number of aromatic hydroxyl groups is 2. The van der Waals surface area contributed by atoms with Crippen molar-refractivity contribution in [3.8, 4) is 11.5 Å². The van der Waals surface area contributed by atoms with E-state index in [1.807, 2.05) is 12.1 Å². The first-order valence-corrected chi connectivity index (χ1v) is 8.29. The monoisotopic (exact) mass is 364 g/mol. The molecule has 0 radical (unpaired) electrons. The van der Waals surface area contributed by atoms with Gasteiger partial charge in [0.1, 0.15) is 13.2 Å². The van der Waals surface area contributed by atoms with Gasteiger partial charge in [0.2, 0.25) is 0 Å². The summed E-state index contributed by atoms with van der Waals surface area (Å²) in [5.41, 5.74) is 1.18. The molecule has 0 spiro atoms. The highest BCUT2D eigenvalue weighted by molar-refractivity contribution is 5.98. The van der Waals surface area contributed by atoms with Crippen molar-refractivity contribution in [3.63, 3.8) is 0 Å². The number of hydrogen-bond donors (Lipinski definition) is 2. The maximum atomic E-state index is 11.7. The lowest BCUT2D eigenvalue weighted by atomic mass is 10.1. The molecule has 0 aliphatic rings. The number of hydrogen-bond acceptors (Lipinski definition) is 5. The highest BCUT2D eigenvalue weighted by atomic mass is 16.5. The summed E-state index contributed by atoms with van der Waals surface area (Å²) in [6.45, 7) is -0.162. The molecule has 138 valence electrons. The van der Waals surface area contributed by atoms with E-state index in [4.69, 9.17) is 14.9 Å². The quantitative estimate of drug-likeness (QED) is 0.512. The second-order valence-electron chi connectivity index (χ2n) is 5.56. The number of benzene rings is 3. The number of phenolic OH excluding ortho intramolecular Hbond substituents is 2. The first-order valence-electron chi connectivity index (χ1n) is 8.29. The zero-order valence-electron chi connectivity index (χ0n) is 14.6. The number of Topliss-reactive ketones (excluding diaryl/α,β-unsaturated/α-hetero) is 2. The van der Waals surface area contributed by atoms with Gasteiger partial charge >= 0.3 is 0 Å². The van der Waals surface area contributed by atoms with Crippen LogP contribution in [0.15, 0.2) is 84.9 Å². The second-order valence-corrected chi connectivity index (χ2v) is 5.56. The third-order valence-corrected chi connectivity index (χ3v) is 3.54. The summed E-state index contributed by atoms with van der Waals surface area (Å²) in [6.07, 6.45) is 0. The summed E-state index contributed by atoms with van der Waals surface area (Å²) in [5.74, 6) is -0.400. The number of carbonyl (C=O) groups is 2. The number of phenols is 2. The van der Waals surface area contributed by atoms with Crippen LogP contribution in [0.1, 0.15) is 20.7 Å². The predicted octanol–water partition coefficient (Wildman–Crippen LogP) is 3.87. The average molecular weight is 364 g/mol. The smallest absolute Gasteiger partial charge is 0.188 e. The summed E-state index contributed by atoms with van der Waals surface area (Å²) in [5, 5.41) is 17.3. The van der Waals surface area contributed by atoms with Gasteiger partial charge in [-0.25, -0.2) is 0 Å². The van der Waals surface area contributed by atoms with Crippen molar-refractivity contribution in [1.82, 2.24) is 0 Å². The normalized spacial score (nSPS) is 9.78. The molecule has 0 atom stereocenters. The molecule has 27 heavy (non-hydrogen) atoms. The van der Waals surface area contributed by atoms with Gasteiger partial charge in [-0.1, -0.05) is 72.8 Å². The van der Waals surface area contributed by atoms with Crippen molar-refractivity contribution in [1.29, 1.82) is 0 Å². The molecule has 0 fully saturated rings. The molecule has 2 N–H and O–H groups in total. The number of ketones is 2. The second kappa shape index (κ2) is 10.5. The Balaban J connectivity index is 0.000000273. The topological polar surface area (TPSA) is 83.8 Å². The van der Waals surface area contributed by atoms with Crippen molar-refractivity contribution in [2.24, 2.45) is 0 Å². The lowest BCUT2D eigenvalue weighted by molar-refractivity contribution is 0.0672. The summed E-state index contributed by atoms with van der Waals surface area (Å²) in [4.78, 5) is 23.5. The van der Waals surface area contributed by atoms with Crippen LogP contribution >= 0.6 is 0 Å². The minimum atomic E-state index is -0.124. The molecule has 3 aromatic rings. The van der Waals surface area contributed by atoms with Crippen molar-refractivity contribution >= 4 is 11.6 Å². The van der Waals surface area contributed by atoms with E-state index < -0.39 is 0 Å². The minimum absolute atomic E-state index is 0.0764.